The Bertz CT molecular complexity index is 440. The van der Waals surface area contributed by atoms with E-state index >= 15 is 0 Å². The highest BCUT2D eigenvalue weighted by atomic mass is 31.2. The minimum Gasteiger partial charge on any atom is -0.390 e. The van der Waals surface area contributed by atoms with Gasteiger partial charge >= 0.3 is 7.82 Å². The third-order valence-electron chi connectivity index (χ3n) is 6.55. The Morgan fingerprint density at radius 3 is 1.38 bits per heavy atom. The molecule has 3 N–H and O–H groups in total. The fraction of sp³-hybridized carbons (Fsp3) is 1.00. The molecule has 0 amide bonds. The quantitative estimate of drug-likeness (QED) is 0.0945. The van der Waals surface area contributed by atoms with Gasteiger partial charge in [-0.2, -0.15) is 0 Å². The average Bonchev–Trinajstić information content (AvgIpc) is 2.78. The molecule has 0 aromatic rings. The number of phosphoric ester groups is 1. The van der Waals surface area contributed by atoms with Crippen molar-refractivity contribution in [2.75, 3.05) is 6.61 Å². The lowest BCUT2D eigenvalue weighted by molar-refractivity contribution is 0.0376. The molecule has 6 heteroatoms. The van der Waals surface area contributed by atoms with Crippen molar-refractivity contribution >= 4 is 7.82 Å². The summed E-state index contributed by atoms with van der Waals surface area (Å²) in [5, 5.41) is 9.78. The van der Waals surface area contributed by atoms with Gasteiger partial charge in [-0.25, -0.2) is 4.57 Å². The van der Waals surface area contributed by atoms with Crippen LogP contribution in [0.2, 0.25) is 0 Å². The predicted molar refractivity (Wildman–Crippen MR) is 147 cm³/mol. The minimum absolute atomic E-state index is 0.201. The minimum atomic E-state index is -4.33. The molecule has 208 valence electrons. The maximum atomic E-state index is 10.9. The third-order valence-corrected chi connectivity index (χ3v) is 7.03. The molecule has 0 aliphatic heterocycles. The fourth-order valence-electron chi connectivity index (χ4n) is 4.18. The van der Waals surface area contributed by atoms with Gasteiger partial charge in [0.25, 0.3) is 0 Å². The molecule has 1 atom stereocenters. The van der Waals surface area contributed by atoms with E-state index in [1.54, 1.807) is 0 Å². The second kappa shape index (κ2) is 24.8. The zero-order valence-electron chi connectivity index (χ0n) is 23.5. The monoisotopic (exact) mass is 508 g/mol. The first-order chi connectivity index (χ1) is 16.1. The Labute approximate surface area is 213 Å². The number of aliphatic hydroxyl groups is 1. The molecule has 0 rings (SSSR count). The molecule has 1 unspecified atom stereocenters. The molecule has 0 aromatic carbocycles. The summed E-state index contributed by atoms with van der Waals surface area (Å²) >= 11 is 0. The van der Waals surface area contributed by atoms with Gasteiger partial charge in [0.2, 0.25) is 0 Å². The number of rotatable bonds is 23. The Morgan fingerprint density at radius 2 is 1.00 bits per heavy atom. The molecule has 5 nitrogen and oxygen atoms in total. The first-order valence-corrected chi connectivity index (χ1v) is 16.1. The zero-order chi connectivity index (χ0) is 26.1. The van der Waals surface area contributed by atoms with Crippen molar-refractivity contribution in [1.29, 1.82) is 0 Å². The Morgan fingerprint density at radius 1 is 0.647 bits per heavy atom. The van der Waals surface area contributed by atoms with Crippen molar-refractivity contribution in [3.8, 4) is 0 Å². The lowest BCUT2D eigenvalue weighted by atomic mass is 9.93. The molecule has 0 saturated heterocycles. The van der Waals surface area contributed by atoms with E-state index in [2.05, 4.69) is 27.7 Å². The second-order valence-electron chi connectivity index (χ2n) is 10.5. The molecule has 0 aliphatic carbocycles. The summed E-state index contributed by atoms with van der Waals surface area (Å²) in [6.07, 6.45) is 23.8. The summed E-state index contributed by atoms with van der Waals surface area (Å²) in [5.74, 6) is 0.291. The Balaban J connectivity index is 0. The number of phosphoric acid groups is 1. The van der Waals surface area contributed by atoms with Gasteiger partial charge in [0.05, 0.1) is 12.2 Å². The molecule has 0 aliphatic rings. The average molecular weight is 509 g/mol. The summed E-state index contributed by atoms with van der Waals surface area (Å²) in [6.45, 7) is 10.9. The zero-order valence-corrected chi connectivity index (χ0v) is 24.4. The smallest absolute Gasteiger partial charge is 0.390 e. The molecule has 0 saturated carbocycles. The van der Waals surface area contributed by atoms with E-state index in [0.717, 1.165) is 51.4 Å². The number of hydrogen-bond donors (Lipinski definition) is 3. The van der Waals surface area contributed by atoms with Crippen LogP contribution in [0.25, 0.3) is 0 Å². The summed E-state index contributed by atoms with van der Waals surface area (Å²) in [5.41, 5.74) is -0.397. The van der Waals surface area contributed by atoms with Crippen LogP contribution in [0.4, 0.5) is 0 Å². The summed E-state index contributed by atoms with van der Waals surface area (Å²) in [6, 6.07) is 0. The first kappa shape index (κ1) is 36.2. The standard InChI is InChI=1S/C18H39O4P.C10H22O/c1-3-5-7-9-10-11-12-14-16-18(15-13-8-6-4-2)17-22-23(19,20)21;1-4-6-8-10(3,11)9-7-5-2/h18H,3-17H2,1-2H3,(H2,19,20,21);11H,4-9H2,1-3H3. The highest BCUT2D eigenvalue weighted by Crippen LogP contribution is 2.37. The van der Waals surface area contributed by atoms with Gasteiger partial charge in [0, 0.05) is 0 Å². The van der Waals surface area contributed by atoms with Gasteiger partial charge in [0.15, 0.2) is 0 Å². The van der Waals surface area contributed by atoms with Gasteiger partial charge < -0.3 is 14.9 Å². The van der Waals surface area contributed by atoms with Crippen molar-refractivity contribution in [2.24, 2.45) is 5.92 Å². The number of hydrogen-bond acceptors (Lipinski definition) is 3. The lowest BCUT2D eigenvalue weighted by Gasteiger charge is -2.22. The summed E-state index contributed by atoms with van der Waals surface area (Å²) in [7, 11) is -4.33. The van der Waals surface area contributed by atoms with Crippen LogP contribution in [0.15, 0.2) is 0 Å². The van der Waals surface area contributed by atoms with Crippen LogP contribution in [0.3, 0.4) is 0 Å². The van der Waals surface area contributed by atoms with Gasteiger partial charge in [0.1, 0.15) is 0 Å². The van der Waals surface area contributed by atoms with Crippen LogP contribution in [0, 0.1) is 5.92 Å². The Kier molecular flexibility index (Phi) is 26.4. The van der Waals surface area contributed by atoms with E-state index in [1.807, 2.05) is 6.92 Å². The third kappa shape index (κ3) is 30.1. The molecule has 0 radical (unpaired) electrons. The molecule has 0 fully saturated rings. The molecule has 0 aromatic heterocycles. The topological polar surface area (TPSA) is 87.0 Å². The maximum absolute atomic E-state index is 10.9. The van der Waals surface area contributed by atoms with E-state index in [1.165, 1.54) is 77.0 Å². The highest BCUT2D eigenvalue weighted by molar-refractivity contribution is 7.46. The second-order valence-corrected chi connectivity index (χ2v) is 11.7. The van der Waals surface area contributed by atoms with Gasteiger partial charge in [-0.15, -0.1) is 0 Å². The largest absolute Gasteiger partial charge is 0.469 e. The van der Waals surface area contributed by atoms with E-state index in [0.29, 0.717) is 5.92 Å². The molecule has 34 heavy (non-hydrogen) atoms. The van der Waals surface area contributed by atoms with E-state index < -0.39 is 13.4 Å². The number of unbranched alkanes of at least 4 members (excludes halogenated alkanes) is 12. The molecule has 0 bridgehead atoms. The fourth-order valence-corrected chi connectivity index (χ4v) is 4.59. The van der Waals surface area contributed by atoms with Crippen LogP contribution >= 0.6 is 7.82 Å². The van der Waals surface area contributed by atoms with Crippen LogP contribution in [0.1, 0.15) is 163 Å². The maximum Gasteiger partial charge on any atom is 0.469 e. The van der Waals surface area contributed by atoms with Crippen LogP contribution in [-0.2, 0) is 9.09 Å². The Hall–Kier alpha value is 0.0700. The van der Waals surface area contributed by atoms with E-state index in [4.69, 9.17) is 14.3 Å². The van der Waals surface area contributed by atoms with Gasteiger partial charge in [-0.3, -0.25) is 4.52 Å². The van der Waals surface area contributed by atoms with Gasteiger partial charge in [-0.1, -0.05) is 130 Å². The van der Waals surface area contributed by atoms with E-state index in [-0.39, 0.29) is 6.61 Å². The molecule has 0 spiro atoms. The SMILES string of the molecule is CCCCC(C)(O)CCCC.CCCCCCCCCCC(CCCCCC)COP(=O)(O)O. The van der Waals surface area contributed by atoms with Crippen LogP contribution in [0.5, 0.6) is 0 Å². The molecular formula is C28H61O5P. The van der Waals surface area contributed by atoms with Crippen molar-refractivity contribution in [2.45, 2.75) is 169 Å². The normalized spacial score (nSPS) is 12.9. The predicted octanol–water partition coefficient (Wildman–Crippen LogP) is 9.33. The summed E-state index contributed by atoms with van der Waals surface area (Å²) < 4.78 is 15.6. The van der Waals surface area contributed by atoms with Crippen molar-refractivity contribution in [3.05, 3.63) is 0 Å². The van der Waals surface area contributed by atoms with Crippen LogP contribution in [-0.4, -0.2) is 27.1 Å². The van der Waals surface area contributed by atoms with Crippen molar-refractivity contribution in [1.82, 2.24) is 0 Å². The lowest BCUT2D eigenvalue weighted by Crippen LogP contribution is -2.23. The summed E-state index contributed by atoms with van der Waals surface area (Å²) in [4.78, 5) is 17.8. The molecule has 0 heterocycles. The molecular weight excluding hydrogens is 447 g/mol. The van der Waals surface area contributed by atoms with E-state index in [9.17, 15) is 9.67 Å². The van der Waals surface area contributed by atoms with Crippen molar-refractivity contribution in [3.63, 3.8) is 0 Å². The van der Waals surface area contributed by atoms with Crippen LogP contribution < -0.4 is 0 Å². The highest BCUT2D eigenvalue weighted by Gasteiger charge is 2.18. The van der Waals surface area contributed by atoms with Gasteiger partial charge in [-0.05, 0) is 38.5 Å². The first-order valence-electron chi connectivity index (χ1n) is 14.5. The van der Waals surface area contributed by atoms with Crippen molar-refractivity contribution < 1.29 is 24.0 Å².